The SMILES string of the molecule is C=CCCCN(C)C(=NC)NCc1csc(C(C)(C)C)n1.I. The van der Waals surface area contributed by atoms with Crippen LogP contribution in [0.1, 0.15) is 44.3 Å². The van der Waals surface area contributed by atoms with Crippen LogP contribution in [0.2, 0.25) is 0 Å². The van der Waals surface area contributed by atoms with E-state index in [0.29, 0.717) is 6.54 Å². The molecule has 0 atom stereocenters. The molecule has 1 aromatic heterocycles. The quantitative estimate of drug-likeness (QED) is 0.241. The molecule has 0 aromatic carbocycles. The number of hydrogen-bond acceptors (Lipinski definition) is 3. The van der Waals surface area contributed by atoms with Gasteiger partial charge >= 0.3 is 0 Å². The lowest BCUT2D eigenvalue weighted by Crippen LogP contribution is -2.39. The molecule has 0 amide bonds. The molecule has 126 valence electrons. The number of thiazole rings is 1. The summed E-state index contributed by atoms with van der Waals surface area (Å²) in [5.41, 5.74) is 1.19. The summed E-state index contributed by atoms with van der Waals surface area (Å²) in [6.07, 6.45) is 4.07. The molecule has 6 heteroatoms. The fourth-order valence-electron chi connectivity index (χ4n) is 1.87. The van der Waals surface area contributed by atoms with Gasteiger partial charge in [-0.25, -0.2) is 4.98 Å². The van der Waals surface area contributed by atoms with Crippen molar-refractivity contribution >= 4 is 41.3 Å². The molecule has 0 bridgehead atoms. The first-order chi connectivity index (χ1) is 9.88. The summed E-state index contributed by atoms with van der Waals surface area (Å²) in [6.45, 7) is 12.0. The zero-order valence-corrected chi connectivity index (χ0v) is 17.5. The van der Waals surface area contributed by atoms with Crippen molar-refractivity contribution in [1.82, 2.24) is 15.2 Å². The number of guanidine groups is 1. The van der Waals surface area contributed by atoms with Gasteiger partial charge in [-0.2, -0.15) is 0 Å². The Bertz CT molecular complexity index is 477. The van der Waals surface area contributed by atoms with Crippen molar-refractivity contribution < 1.29 is 0 Å². The van der Waals surface area contributed by atoms with Crippen LogP contribution in [0, 0.1) is 0 Å². The predicted molar refractivity (Wildman–Crippen MR) is 108 cm³/mol. The van der Waals surface area contributed by atoms with Crippen LogP contribution in [-0.2, 0) is 12.0 Å². The number of hydrogen-bond donors (Lipinski definition) is 1. The maximum atomic E-state index is 4.69. The van der Waals surface area contributed by atoms with Crippen LogP contribution >= 0.6 is 35.3 Å². The smallest absolute Gasteiger partial charge is 0.193 e. The van der Waals surface area contributed by atoms with Crippen LogP contribution in [0.5, 0.6) is 0 Å². The number of nitrogens with zero attached hydrogens (tertiary/aromatic N) is 3. The number of aliphatic imine (C=N–C) groups is 1. The Labute approximate surface area is 156 Å². The van der Waals surface area contributed by atoms with Crippen molar-refractivity contribution in [2.45, 2.75) is 45.6 Å². The average Bonchev–Trinajstić information content (AvgIpc) is 2.88. The van der Waals surface area contributed by atoms with E-state index in [9.17, 15) is 0 Å². The van der Waals surface area contributed by atoms with E-state index in [0.717, 1.165) is 31.0 Å². The van der Waals surface area contributed by atoms with E-state index >= 15 is 0 Å². The zero-order chi connectivity index (χ0) is 15.9. The van der Waals surface area contributed by atoms with Crippen LogP contribution in [0.25, 0.3) is 0 Å². The molecule has 1 rings (SSSR count). The summed E-state index contributed by atoms with van der Waals surface area (Å²) in [6, 6.07) is 0. The van der Waals surface area contributed by atoms with E-state index in [1.54, 1.807) is 11.3 Å². The lowest BCUT2D eigenvalue weighted by Gasteiger charge is -2.21. The fraction of sp³-hybridized carbons (Fsp3) is 0.625. The Hall–Kier alpha value is -0.630. The Balaban J connectivity index is 0.00000441. The zero-order valence-electron chi connectivity index (χ0n) is 14.3. The van der Waals surface area contributed by atoms with Gasteiger partial charge in [0.05, 0.1) is 17.2 Å². The molecule has 22 heavy (non-hydrogen) atoms. The van der Waals surface area contributed by atoms with Gasteiger partial charge in [0.15, 0.2) is 5.96 Å². The Morgan fingerprint density at radius 2 is 2.18 bits per heavy atom. The monoisotopic (exact) mass is 436 g/mol. The van der Waals surface area contributed by atoms with Crippen molar-refractivity contribution in [3.8, 4) is 0 Å². The summed E-state index contributed by atoms with van der Waals surface area (Å²) in [5, 5.41) is 6.67. The van der Waals surface area contributed by atoms with E-state index in [2.05, 4.69) is 55.0 Å². The summed E-state index contributed by atoms with van der Waals surface area (Å²) in [5.74, 6) is 0.907. The second kappa shape index (κ2) is 10.2. The summed E-state index contributed by atoms with van der Waals surface area (Å²) in [7, 11) is 3.87. The van der Waals surface area contributed by atoms with Gasteiger partial charge in [-0.15, -0.1) is 41.9 Å². The molecule has 1 N–H and O–H groups in total. The van der Waals surface area contributed by atoms with Crippen molar-refractivity contribution in [2.75, 3.05) is 20.6 Å². The van der Waals surface area contributed by atoms with Crippen LogP contribution in [0.3, 0.4) is 0 Å². The third-order valence-corrected chi connectivity index (χ3v) is 4.41. The highest BCUT2D eigenvalue weighted by Gasteiger charge is 2.18. The number of rotatable bonds is 6. The molecular formula is C16H29IN4S. The lowest BCUT2D eigenvalue weighted by atomic mass is 9.98. The van der Waals surface area contributed by atoms with Gasteiger partial charge in [0.2, 0.25) is 0 Å². The van der Waals surface area contributed by atoms with Crippen molar-refractivity contribution in [3.63, 3.8) is 0 Å². The minimum atomic E-state index is 0. The van der Waals surface area contributed by atoms with Gasteiger partial charge in [0.1, 0.15) is 0 Å². The second-order valence-electron chi connectivity index (χ2n) is 6.15. The summed E-state index contributed by atoms with van der Waals surface area (Å²) in [4.78, 5) is 11.1. The van der Waals surface area contributed by atoms with Crippen LogP contribution in [-0.4, -0.2) is 36.5 Å². The topological polar surface area (TPSA) is 40.5 Å². The maximum Gasteiger partial charge on any atom is 0.193 e. The molecule has 0 fully saturated rings. The standard InChI is InChI=1S/C16H28N4S.HI/c1-7-8-9-10-20(6)15(17-5)18-11-13-12-21-14(19-13)16(2,3)4;/h7,12H,1,8-11H2,2-6H3,(H,17,18);1H. The molecule has 4 nitrogen and oxygen atoms in total. The van der Waals surface area contributed by atoms with Gasteiger partial charge in [-0.1, -0.05) is 26.8 Å². The van der Waals surface area contributed by atoms with E-state index in [-0.39, 0.29) is 29.4 Å². The molecule has 0 unspecified atom stereocenters. The first kappa shape index (κ1) is 21.4. The minimum absolute atomic E-state index is 0. The summed E-state index contributed by atoms with van der Waals surface area (Å²) < 4.78 is 0. The van der Waals surface area contributed by atoms with Gasteiger partial charge in [-0.05, 0) is 12.8 Å². The van der Waals surface area contributed by atoms with Crippen LogP contribution in [0.4, 0.5) is 0 Å². The van der Waals surface area contributed by atoms with E-state index < -0.39 is 0 Å². The molecule has 1 heterocycles. The maximum absolute atomic E-state index is 4.69. The molecular weight excluding hydrogens is 407 g/mol. The Morgan fingerprint density at radius 3 is 2.68 bits per heavy atom. The predicted octanol–water partition coefficient (Wildman–Crippen LogP) is 4.03. The van der Waals surface area contributed by atoms with Gasteiger partial charge in [0.25, 0.3) is 0 Å². The number of aromatic nitrogens is 1. The first-order valence-corrected chi connectivity index (χ1v) is 8.24. The second-order valence-corrected chi connectivity index (χ2v) is 7.01. The molecule has 1 aromatic rings. The van der Waals surface area contributed by atoms with Crippen LogP contribution < -0.4 is 5.32 Å². The Morgan fingerprint density at radius 1 is 1.50 bits per heavy atom. The van der Waals surface area contributed by atoms with Gasteiger partial charge in [-0.3, -0.25) is 4.99 Å². The van der Waals surface area contributed by atoms with E-state index in [4.69, 9.17) is 4.98 Å². The minimum Gasteiger partial charge on any atom is -0.351 e. The van der Waals surface area contributed by atoms with E-state index in [1.165, 1.54) is 5.01 Å². The highest BCUT2D eigenvalue weighted by molar-refractivity contribution is 14.0. The van der Waals surface area contributed by atoms with Gasteiger partial charge in [0, 0.05) is 31.4 Å². The number of nitrogens with one attached hydrogen (secondary N) is 1. The average molecular weight is 436 g/mol. The number of unbranched alkanes of at least 4 members (excludes halogenated alkanes) is 1. The molecule has 0 saturated heterocycles. The molecule has 0 aliphatic rings. The highest BCUT2D eigenvalue weighted by atomic mass is 127. The number of halogens is 1. The van der Waals surface area contributed by atoms with Crippen LogP contribution in [0.15, 0.2) is 23.0 Å². The van der Waals surface area contributed by atoms with Crippen molar-refractivity contribution in [2.24, 2.45) is 4.99 Å². The van der Waals surface area contributed by atoms with Crippen molar-refractivity contribution in [1.29, 1.82) is 0 Å². The third-order valence-electron chi connectivity index (χ3n) is 3.10. The molecule has 0 saturated carbocycles. The molecule has 0 spiro atoms. The highest BCUT2D eigenvalue weighted by Crippen LogP contribution is 2.25. The molecule has 0 aliphatic carbocycles. The first-order valence-electron chi connectivity index (χ1n) is 7.36. The third kappa shape index (κ3) is 7.09. The van der Waals surface area contributed by atoms with E-state index in [1.807, 2.05) is 13.1 Å². The Kier molecular flexibility index (Phi) is 9.91. The summed E-state index contributed by atoms with van der Waals surface area (Å²) >= 11 is 1.73. The van der Waals surface area contributed by atoms with Gasteiger partial charge < -0.3 is 10.2 Å². The normalized spacial score (nSPS) is 11.8. The fourth-order valence-corrected chi connectivity index (χ4v) is 2.77. The molecule has 0 radical (unpaired) electrons. The largest absolute Gasteiger partial charge is 0.351 e. The number of allylic oxidation sites excluding steroid dienone is 1. The lowest BCUT2D eigenvalue weighted by molar-refractivity contribution is 0.469. The van der Waals surface area contributed by atoms with Crippen molar-refractivity contribution in [3.05, 3.63) is 28.7 Å². The molecule has 0 aliphatic heterocycles.